The second-order valence-electron chi connectivity index (χ2n) is 6.41. The molecule has 2 aromatic rings. The fourth-order valence-corrected chi connectivity index (χ4v) is 3.35. The van der Waals surface area contributed by atoms with Crippen LogP contribution in [0.5, 0.6) is 0 Å². The van der Waals surface area contributed by atoms with Gasteiger partial charge in [0.25, 0.3) is 0 Å². The summed E-state index contributed by atoms with van der Waals surface area (Å²) in [6.45, 7) is 3.05. The van der Waals surface area contributed by atoms with Crippen LogP contribution in [0.1, 0.15) is 30.1 Å². The van der Waals surface area contributed by atoms with Crippen molar-refractivity contribution >= 4 is 0 Å². The van der Waals surface area contributed by atoms with Crippen LogP contribution in [0.4, 0.5) is 4.39 Å². The van der Waals surface area contributed by atoms with Crippen molar-refractivity contribution in [2.75, 3.05) is 19.6 Å². The number of halogens is 1. The molecule has 0 saturated carbocycles. The minimum Gasteiger partial charge on any atom is -0.388 e. The molecule has 1 heterocycles. The maximum Gasteiger partial charge on any atom is 0.123 e. The van der Waals surface area contributed by atoms with Crippen molar-refractivity contribution in [1.29, 1.82) is 0 Å². The molecule has 1 atom stereocenters. The summed E-state index contributed by atoms with van der Waals surface area (Å²) in [7, 11) is 0. The molecule has 0 bridgehead atoms. The lowest BCUT2D eigenvalue weighted by Gasteiger charge is -2.34. The monoisotopic (exact) mass is 313 g/mol. The second-order valence-corrected chi connectivity index (χ2v) is 6.41. The topological polar surface area (TPSA) is 23.5 Å². The van der Waals surface area contributed by atoms with Gasteiger partial charge >= 0.3 is 0 Å². The Hall–Kier alpha value is -1.71. The minimum absolute atomic E-state index is 0.176. The van der Waals surface area contributed by atoms with Crippen LogP contribution in [0.25, 0.3) is 0 Å². The number of rotatable bonds is 5. The van der Waals surface area contributed by atoms with E-state index >= 15 is 0 Å². The highest BCUT2D eigenvalue weighted by atomic mass is 19.1. The lowest BCUT2D eigenvalue weighted by atomic mass is 9.87. The molecule has 122 valence electrons. The van der Waals surface area contributed by atoms with Crippen LogP contribution in [0, 0.1) is 11.7 Å². The molecule has 1 saturated heterocycles. The molecule has 23 heavy (non-hydrogen) atoms. The third kappa shape index (κ3) is 4.40. The third-order valence-corrected chi connectivity index (χ3v) is 4.85. The molecule has 3 rings (SSSR count). The van der Waals surface area contributed by atoms with E-state index in [0.29, 0.717) is 5.92 Å². The van der Waals surface area contributed by atoms with E-state index in [1.54, 1.807) is 0 Å². The van der Waals surface area contributed by atoms with Gasteiger partial charge in [0.05, 0.1) is 6.10 Å². The third-order valence-electron chi connectivity index (χ3n) is 4.85. The highest BCUT2D eigenvalue weighted by Crippen LogP contribution is 2.30. The summed E-state index contributed by atoms with van der Waals surface area (Å²) in [5.74, 6) is 0.170. The number of aliphatic hydroxyl groups is 1. The van der Waals surface area contributed by atoms with E-state index in [1.807, 2.05) is 42.5 Å². The van der Waals surface area contributed by atoms with Gasteiger partial charge in [-0.25, -0.2) is 4.39 Å². The van der Waals surface area contributed by atoms with E-state index in [1.165, 1.54) is 17.7 Å². The maximum atomic E-state index is 12.9. The number of piperidine rings is 1. The fraction of sp³-hybridized carbons (Fsp3) is 0.400. The molecule has 1 N–H and O–H groups in total. The Morgan fingerprint density at radius 2 is 1.65 bits per heavy atom. The molecule has 1 fully saturated rings. The molecule has 0 amide bonds. The lowest BCUT2D eigenvalue weighted by Crippen LogP contribution is -2.36. The summed E-state index contributed by atoms with van der Waals surface area (Å²) in [5.41, 5.74) is 2.20. The zero-order valence-corrected chi connectivity index (χ0v) is 13.4. The maximum absolute atomic E-state index is 12.9. The van der Waals surface area contributed by atoms with Crippen LogP contribution in [-0.2, 0) is 6.42 Å². The van der Waals surface area contributed by atoms with Gasteiger partial charge in [0, 0.05) is 6.54 Å². The lowest BCUT2D eigenvalue weighted by molar-refractivity contribution is 0.0592. The van der Waals surface area contributed by atoms with Crippen LogP contribution in [0.15, 0.2) is 54.6 Å². The predicted octanol–water partition coefficient (Wildman–Crippen LogP) is 3.81. The average Bonchev–Trinajstić information content (AvgIpc) is 2.62. The molecule has 0 aliphatic carbocycles. The van der Waals surface area contributed by atoms with E-state index in [4.69, 9.17) is 0 Å². The van der Waals surface area contributed by atoms with Crippen molar-refractivity contribution in [2.24, 2.45) is 5.92 Å². The van der Waals surface area contributed by atoms with E-state index in [2.05, 4.69) is 4.90 Å². The van der Waals surface area contributed by atoms with Gasteiger partial charge in [-0.15, -0.1) is 0 Å². The molecule has 2 aromatic carbocycles. The highest BCUT2D eigenvalue weighted by Gasteiger charge is 2.25. The Morgan fingerprint density at radius 1 is 1.00 bits per heavy atom. The number of hydrogen-bond acceptors (Lipinski definition) is 2. The Labute approximate surface area is 137 Å². The first-order valence-corrected chi connectivity index (χ1v) is 8.42. The number of benzene rings is 2. The number of likely N-dealkylation sites (tertiary alicyclic amines) is 1. The first-order valence-electron chi connectivity index (χ1n) is 8.42. The van der Waals surface area contributed by atoms with Crippen molar-refractivity contribution in [3.8, 4) is 0 Å². The summed E-state index contributed by atoms with van der Waals surface area (Å²) in [4.78, 5) is 2.44. The van der Waals surface area contributed by atoms with Gasteiger partial charge < -0.3 is 10.0 Å². The van der Waals surface area contributed by atoms with E-state index in [-0.39, 0.29) is 11.9 Å². The van der Waals surface area contributed by atoms with Gasteiger partial charge in [-0.1, -0.05) is 42.5 Å². The van der Waals surface area contributed by atoms with Gasteiger partial charge in [0.1, 0.15) is 5.82 Å². The second kappa shape index (κ2) is 7.71. The molecule has 0 unspecified atom stereocenters. The molecule has 1 aliphatic heterocycles. The van der Waals surface area contributed by atoms with Crippen LogP contribution in [-0.4, -0.2) is 29.6 Å². The van der Waals surface area contributed by atoms with Crippen LogP contribution in [0.3, 0.4) is 0 Å². The van der Waals surface area contributed by atoms with Crippen LogP contribution in [0.2, 0.25) is 0 Å². The molecule has 0 aromatic heterocycles. The summed E-state index contributed by atoms with van der Waals surface area (Å²) in [6, 6.07) is 16.7. The SMILES string of the molecule is O[C@@H](c1ccccc1)C1CCN(CCc2ccc(F)cc2)CC1. The van der Waals surface area contributed by atoms with E-state index in [9.17, 15) is 9.50 Å². The quantitative estimate of drug-likeness (QED) is 0.907. The molecule has 2 nitrogen and oxygen atoms in total. The van der Waals surface area contributed by atoms with Crippen molar-refractivity contribution in [3.63, 3.8) is 0 Å². The molecule has 3 heteroatoms. The number of nitrogens with zero attached hydrogens (tertiary/aromatic N) is 1. The van der Waals surface area contributed by atoms with Crippen LogP contribution < -0.4 is 0 Å². The van der Waals surface area contributed by atoms with Crippen molar-refractivity contribution in [2.45, 2.75) is 25.4 Å². The largest absolute Gasteiger partial charge is 0.388 e. The van der Waals surface area contributed by atoms with Gasteiger partial charge in [-0.3, -0.25) is 0 Å². The normalized spacial score (nSPS) is 18.0. The molecule has 0 radical (unpaired) electrons. The molecule has 0 spiro atoms. The van der Waals surface area contributed by atoms with Crippen molar-refractivity contribution in [3.05, 3.63) is 71.5 Å². The highest BCUT2D eigenvalue weighted by molar-refractivity contribution is 5.18. The summed E-state index contributed by atoms with van der Waals surface area (Å²) < 4.78 is 12.9. The smallest absolute Gasteiger partial charge is 0.123 e. The zero-order chi connectivity index (χ0) is 16.1. The molecule has 1 aliphatic rings. The van der Waals surface area contributed by atoms with Gasteiger partial charge in [-0.05, 0) is 61.5 Å². The Morgan fingerprint density at radius 3 is 2.30 bits per heavy atom. The Kier molecular flexibility index (Phi) is 5.42. The first kappa shape index (κ1) is 16.2. The first-order chi connectivity index (χ1) is 11.2. The van der Waals surface area contributed by atoms with Gasteiger partial charge in [0.15, 0.2) is 0 Å². The standard InChI is InChI=1S/C20H24FNO/c21-19-8-6-16(7-9-19)10-13-22-14-11-18(12-15-22)20(23)17-4-2-1-3-5-17/h1-9,18,20,23H,10-15H2/t20-/m0/s1. The number of aliphatic hydroxyl groups excluding tert-OH is 1. The average molecular weight is 313 g/mol. The summed E-state index contributed by atoms with van der Waals surface area (Å²) in [5, 5.41) is 10.5. The van der Waals surface area contributed by atoms with Crippen molar-refractivity contribution in [1.82, 2.24) is 4.90 Å². The molecular formula is C20H24FNO. The van der Waals surface area contributed by atoms with E-state index in [0.717, 1.165) is 44.5 Å². The minimum atomic E-state index is -0.351. The van der Waals surface area contributed by atoms with Crippen molar-refractivity contribution < 1.29 is 9.50 Å². The fourth-order valence-electron chi connectivity index (χ4n) is 3.35. The predicted molar refractivity (Wildman–Crippen MR) is 90.7 cm³/mol. The molecular weight excluding hydrogens is 289 g/mol. The van der Waals surface area contributed by atoms with E-state index < -0.39 is 0 Å². The Bertz CT molecular complexity index is 591. The summed E-state index contributed by atoms with van der Waals surface area (Å²) in [6.07, 6.45) is 2.65. The number of hydrogen-bond donors (Lipinski definition) is 1. The van der Waals surface area contributed by atoms with Gasteiger partial charge in [0.2, 0.25) is 0 Å². The zero-order valence-electron chi connectivity index (χ0n) is 13.4. The Balaban J connectivity index is 1.46. The van der Waals surface area contributed by atoms with Gasteiger partial charge in [-0.2, -0.15) is 0 Å². The van der Waals surface area contributed by atoms with Crippen LogP contribution >= 0.6 is 0 Å². The summed E-state index contributed by atoms with van der Waals surface area (Å²) >= 11 is 0.